The molecule has 0 spiro atoms. The van der Waals surface area contributed by atoms with E-state index in [-0.39, 0.29) is 5.88 Å². The Morgan fingerprint density at radius 1 is 1.31 bits per heavy atom. The molecule has 1 aromatic carbocycles. The van der Waals surface area contributed by atoms with Gasteiger partial charge in [0.1, 0.15) is 0 Å². The van der Waals surface area contributed by atoms with Gasteiger partial charge in [-0.15, -0.1) is 11.6 Å². The number of alkyl halides is 1. The van der Waals surface area contributed by atoms with Gasteiger partial charge in [0.25, 0.3) is 0 Å². The van der Waals surface area contributed by atoms with Crippen LogP contribution in [0.15, 0.2) is 24.3 Å². The minimum atomic E-state index is -0.575. The molecule has 16 heavy (non-hydrogen) atoms. The van der Waals surface area contributed by atoms with Gasteiger partial charge in [-0.25, -0.2) is 0 Å². The highest BCUT2D eigenvalue weighted by Gasteiger charge is 2.21. The summed E-state index contributed by atoms with van der Waals surface area (Å²) < 4.78 is 0. The van der Waals surface area contributed by atoms with Gasteiger partial charge in [-0.3, -0.25) is 9.59 Å². The summed E-state index contributed by atoms with van der Waals surface area (Å²) in [6, 6.07) is 7.38. The molecule has 2 rings (SSSR count). The molecule has 0 amide bonds. The minimum Gasteiger partial charge on any atom is -0.358 e. The number of Topliss-reactive ketones (excluding diaryl/α,β-unsaturated/α-hetero) is 2. The molecular weight excluding hydrogens is 226 g/mol. The van der Waals surface area contributed by atoms with Crippen LogP contribution in [0.4, 0.5) is 0 Å². The molecule has 0 unspecified atom stereocenters. The maximum atomic E-state index is 11.8. The number of benzene rings is 1. The van der Waals surface area contributed by atoms with Crippen molar-refractivity contribution in [1.82, 2.24) is 4.98 Å². The monoisotopic (exact) mass is 235 g/mol. The molecule has 0 atom stereocenters. The zero-order valence-corrected chi connectivity index (χ0v) is 9.47. The number of aromatic amines is 1. The van der Waals surface area contributed by atoms with Crippen molar-refractivity contribution < 1.29 is 9.59 Å². The van der Waals surface area contributed by atoms with Crippen LogP contribution in [0.1, 0.15) is 16.1 Å². The molecule has 1 heterocycles. The molecule has 0 saturated carbocycles. The van der Waals surface area contributed by atoms with Crippen molar-refractivity contribution in [2.24, 2.45) is 0 Å². The average molecular weight is 236 g/mol. The molecule has 0 saturated heterocycles. The summed E-state index contributed by atoms with van der Waals surface area (Å²) in [7, 11) is 0. The molecule has 1 N–H and O–H groups in total. The second kappa shape index (κ2) is 4.10. The Hall–Kier alpha value is -1.61. The number of halogens is 1. The van der Waals surface area contributed by atoms with Crippen LogP contribution in [0.5, 0.6) is 0 Å². The summed E-state index contributed by atoms with van der Waals surface area (Å²) in [4.78, 5) is 26.2. The molecule has 1 aromatic heterocycles. The van der Waals surface area contributed by atoms with Crippen molar-refractivity contribution in [3.63, 3.8) is 0 Å². The van der Waals surface area contributed by atoms with Gasteiger partial charge in [-0.05, 0) is 13.0 Å². The molecule has 0 fully saturated rings. The number of carbonyl (C=O) groups is 2. The predicted octanol–water partition coefficient (Wildman–Crippen LogP) is 2.47. The lowest BCUT2D eigenvalue weighted by molar-refractivity contribution is -0.112. The summed E-state index contributed by atoms with van der Waals surface area (Å²) in [5.74, 6) is -1.38. The first kappa shape index (κ1) is 10.9. The molecule has 4 heteroatoms. The Morgan fingerprint density at radius 3 is 2.69 bits per heavy atom. The van der Waals surface area contributed by atoms with E-state index in [1.165, 1.54) is 0 Å². The van der Waals surface area contributed by atoms with Crippen molar-refractivity contribution in [1.29, 1.82) is 0 Å². The maximum Gasteiger partial charge on any atom is 0.232 e. The third-order valence-corrected chi connectivity index (χ3v) is 2.74. The number of hydrogen-bond donors (Lipinski definition) is 1. The van der Waals surface area contributed by atoms with Crippen LogP contribution >= 0.6 is 11.6 Å². The van der Waals surface area contributed by atoms with E-state index in [1.807, 2.05) is 24.3 Å². The Kier molecular flexibility index (Phi) is 2.79. The van der Waals surface area contributed by atoms with Crippen LogP contribution in [0.3, 0.4) is 0 Å². The topological polar surface area (TPSA) is 49.9 Å². The van der Waals surface area contributed by atoms with E-state index in [0.717, 1.165) is 10.9 Å². The standard InChI is InChI=1S/C12H10ClNO2/c1-7-11(12(16)10(15)6-13)8-4-2-3-5-9(8)14-7/h2-5,14H,6H2,1H3. The number of rotatable bonds is 3. The molecule has 0 bridgehead atoms. The van der Waals surface area contributed by atoms with Crippen LogP contribution in [0.2, 0.25) is 0 Å². The SMILES string of the molecule is Cc1[nH]c2ccccc2c1C(=O)C(=O)CCl. The smallest absolute Gasteiger partial charge is 0.232 e. The third-order valence-electron chi connectivity index (χ3n) is 2.50. The number of nitrogens with one attached hydrogen (secondary N) is 1. The summed E-state index contributed by atoms with van der Waals surface area (Å²) in [5.41, 5.74) is 1.98. The molecule has 0 aliphatic heterocycles. The summed E-state index contributed by atoms with van der Waals surface area (Å²) in [6.07, 6.45) is 0. The van der Waals surface area contributed by atoms with Crippen LogP contribution in [-0.2, 0) is 4.79 Å². The molecule has 2 aromatic rings. The molecular formula is C12H10ClNO2. The highest BCUT2D eigenvalue weighted by molar-refractivity contribution is 6.53. The maximum absolute atomic E-state index is 11.8. The number of hydrogen-bond acceptors (Lipinski definition) is 2. The fourth-order valence-corrected chi connectivity index (χ4v) is 1.89. The first-order valence-electron chi connectivity index (χ1n) is 4.86. The quantitative estimate of drug-likeness (QED) is 0.505. The van der Waals surface area contributed by atoms with Gasteiger partial charge >= 0.3 is 0 Å². The van der Waals surface area contributed by atoms with Crippen LogP contribution in [-0.4, -0.2) is 22.4 Å². The number of ketones is 2. The number of H-pyrrole nitrogens is 1. The second-order valence-electron chi connectivity index (χ2n) is 3.56. The van der Waals surface area contributed by atoms with E-state index in [0.29, 0.717) is 11.3 Å². The lowest BCUT2D eigenvalue weighted by atomic mass is 10.0. The van der Waals surface area contributed by atoms with Gasteiger partial charge in [0, 0.05) is 16.6 Å². The molecule has 0 aliphatic rings. The number of carbonyl (C=O) groups excluding carboxylic acids is 2. The lowest BCUT2D eigenvalue weighted by Crippen LogP contribution is -2.15. The van der Waals surface area contributed by atoms with Gasteiger partial charge in [-0.1, -0.05) is 18.2 Å². The molecule has 0 aliphatic carbocycles. The van der Waals surface area contributed by atoms with Gasteiger partial charge in [0.05, 0.1) is 11.4 Å². The first-order valence-corrected chi connectivity index (χ1v) is 5.39. The van der Waals surface area contributed by atoms with Gasteiger partial charge < -0.3 is 4.98 Å². The Balaban J connectivity index is 2.64. The van der Waals surface area contributed by atoms with Crippen molar-refractivity contribution in [2.75, 3.05) is 5.88 Å². The van der Waals surface area contributed by atoms with Gasteiger partial charge in [0.2, 0.25) is 11.6 Å². The van der Waals surface area contributed by atoms with E-state index in [1.54, 1.807) is 6.92 Å². The zero-order valence-electron chi connectivity index (χ0n) is 8.71. The normalized spacial score (nSPS) is 10.6. The second-order valence-corrected chi connectivity index (χ2v) is 3.82. The third kappa shape index (κ3) is 1.63. The van der Waals surface area contributed by atoms with Crippen molar-refractivity contribution in [3.05, 3.63) is 35.5 Å². The van der Waals surface area contributed by atoms with E-state index in [4.69, 9.17) is 11.6 Å². The van der Waals surface area contributed by atoms with E-state index in [2.05, 4.69) is 4.98 Å². The highest BCUT2D eigenvalue weighted by Crippen LogP contribution is 2.22. The van der Waals surface area contributed by atoms with Gasteiger partial charge in [0.15, 0.2) is 0 Å². The number of fused-ring (bicyclic) bond motifs is 1. The zero-order chi connectivity index (χ0) is 11.7. The predicted molar refractivity (Wildman–Crippen MR) is 63.1 cm³/mol. The number of para-hydroxylation sites is 1. The van der Waals surface area contributed by atoms with E-state index >= 15 is 0 Å². The Bertz CT molecular complexity index is 571. The molecule has 82 valence electrons. The van der Waals surface area contributed by atoms with Gasteiger partial charge in [-0.2, -0.15) is 0 Å². The minimum absolute atomic E-state index is 0.280. The summed E-state index contributed by atoms with van der Waals surface area (Å²) >= 11 is 5.39. The van der Waals surface area contributed by atoms with Crippen molar-refractivity contribution in [3.8, 4) is 0 Å². The highest BCUT2D eigenvalue weighted by atomic mass is 35.5. The van der Waals surface area contributed by atoms with E-state index < -0.39 is 11.6 Å². The number of aromatic nitrogens is 1. The lowest BCUT2D eigenvalue weighted by Gasteiger charge is -1.97. The first-order chi connectivity index (χ1) is 7.65. The van der Waals surface area contributed by atoms with E-state index in [9.17, 15) is 9.59 Å². The van der Waals surface area contributed by atoms with Crippen LogP contribution in [0, 0.1) is 6.92 Å². The largest absolute Gasteiger partial charge is 0.358 e. The number of aryl methyl sites for hydroxylation is 1. The molecule has 3 nitrogen and oxygen atoms in total. The molecule has 0 radical (unpaired) electrons. The summed E-state index contributed by atoms with van der Waals surface area (Å²) in [6.45, 7) is 1.77. The Morgan fingerprint density at radius 2 is 2.00 bits per heavy atom. The van der Waals surface area contributed by atoms with Crippen LogP contribution < -0.4 is 0 Å². The van der Waals surface area contributed by atoms with Crippen molar-refractivity contribution >= 4 is 34.1 Å². The Labute approximate surface area is 97.4 Å². The van der Waals surface area contributed by atoms with Crippen LogP contribution in [0.25, 0.3) is 10.9 Å². The average Bonchev–Trinajstić information content (AvgIpc) is 2.63. The summed E-state index contributed by atoms with van der Waals surface area (Å²) in [5, 5.41) is 0.767. The van der Waals surface area contributed by atoms with Crippen molar-refractivity contribution in [2.45, 2.75) is 6.92 Å². The fraction of sp³-hybridized carbons (Fsp3) is 0.167. The fourth-order valence-electron chi connectivity index (χ4n) is 1.77.